The van der Waals surface area contributed by atoms with Crippen LogP contribution in [-0.4, -0.2) is 56.0 Å². The number of hydrogen-bond acceptors (Lipinski definition) is 5. The molecule has 10 heteroatoms. The van der Waals surface area contributed by atoms with Crippen molar-refractivity contribution in [2.75, 3.05) is 32.8 Å². The zero-order chi connectivity index (χ0) is 20.1. The van der Waals surface area contributed by atoms with Crippen LogP contribution in [0.4, 0.5) is 22.8 Å². The van der Waals surface area contributed by atoms with Crippen LogP contribution in [0, 0.1) is 23.4 Å². The lowest BCUT2D eigenvalue weighted by molar-refractivity contribution is -0.0145. The van der Waals surface area contributed by atoms with Crippen LogP contribution in [0.1, 0.15) is 19.3 Å². The predicted octanol–water partition coefficient (Wildman–Crippen LogP) is 2.83. The van der Waals surface area contributed by atoms with Crippen LogP contribution in [0.15, 0.2) is 12.1 Å². The summed E-state index contributed by atoms with van der Waals surface area (Å²) < 4.78 is 55.4. The Morgan fingerprint density at radius 2 is 1.93 bits per heavy atom. The Hall–Kier alpha value is -2.65. The first kappa shape index (κ1) is 20.1. The Bertz CT molecular complexity index is 704. The van der Waals surface area contributed by atoms with Gasteiger partial charge in [0.1, 0.15) is 11.9 Å². The van der Waals surface area contributed by atoms with E-state index in [0.29, 0.717) is 44.5 Å². The maximum absolute atomic E-state index is 13.5. The first-order valence-corrected chi connectivity index (χ1v) is 9.06. The fourth-order valence-electron chi connectivity index (χ4n) is 3.05. The van der Waals surface area contributed by atoms with Crippen LogP contribution in [0.2, 0.25) is 0 Å². The third-order valence-electron chi connectivity index (χ3n) is 4.60. The molecule has 1 heterocycles. The molecule has 1 saturated heterocycles. The number of alkyl carbamates (subject to hydrolysis) is 1. The molecule has 2 aliphatic rings. The van der Waals surface area contributed by atoms with Crippen LogP contribution in [0.25, 0.3) is 0 Å². The van der Waals surface area contributed by atoms with Crippen molar-refractivity contribution in [1.29, 1.82) is 0 Å². The van der Waals surface area contributed by atoms with E-state index in [4.69, 9.17) is 14.2 Å². The number of halogens is 3. The monoisotopic (exact) mass is 402 g/mol. The Morgan fingerprint density at radius 1 is 1.21 bits per heavy atom. The summed E-state index contributed by atoms with van der Waals surface area (Å²) in [4.78, 5) is 25.0. The van der Waals surface area contributed by atoms with Gasteiger partial charge in [0.25, 0.3) is 0 Å². The van der Waals surface area contributed by atoms with E-state index in [1.807, 2.05) is 0 Å². The van der Waals surface area contributed by atoms with Gasteiger partial charge in [-0.3, -0.25) is 0 Å². The van der Waals surface area contributed by atoms with Gasteiger partial charge in [0.15, 0.2) is 17.4 Å². The maximum Gasteiger partial charge on any atom is 0.410 e. The van der Waals surface area contributed by atoms with E-state index in [0.717, 1.165) is 0 Å². The van der Waals surface area contributed by atoms with Gasteiger partial charge in [-0.1, -0.05) is 0 Å². The Balaban J connectivity index is 1.40. The standard InChI is InChI=1S/C18H21F3N2O5/c19-12-8-14(20)16(15(21)9-12)27-10-11-6-13(7-11)28-18(25)23-3-1-5-26-17(24)22-2-4-23/h8-9,11,13H,1-7,10H2,(H,22,24). The predicted molar refractivity (Wildman–Crippen MR) is 90.3 cm³/mol. The molecule has 1 aliphatic heterocycles. The van der Waals surface area contributed by atoms with E-state index in [9.17, 15) is 22.8 Å². The number of nitrogens with zero attached hydrogens (tertiary/aromatic N) is 1. The normalized spacial score (nSPS) is 22.7. The van der Waals surface area contributed by atoms with Crippen LogP contribution in [0.5, 0.6) is 5.75 Å². The second kappa shape index (κ2) is 9.03. The summed E-state index contributed by atoms with van der Waals surface area (Å²) in [6, 6.07) is 1.12. The third kappa shape index (κ3) is 5.20. The highest BCUT2D eigenvalue weighted by Crippen LogP contribution is 2.32. The molecule has 0 bridgehead atoms. The largest absolute Gasteiger partial charge is 0.487 e. The average Bonchev–Trinajstić information content (AvgIpc) is 2.70. The minimum Gasteiger partial charge on any atom is -0.487 e. The highest BCUT2D eigenvalue weighted by Gasteiger charge is 2.34. The van der Waals surface area contributed by atoms with Crippen molar-refractivity contribution in [3.05, 3.63) is 29.6 Å². The molecule has 0 aromatic heterocycles. The van der Waals surface area contributed by atoms with E-state index >= 15 is 0 Å². The molecular weight excluding hydrogens is 381 g/mol. The lowest BCUT2D eigenvalue weighted by Gasteiger charge is -2.35. The zero-order valence-electron chi connectivity index (χ0n) is 15.1. The summed E-state index contributed by atoms with van der Waals surface area (Å²) in [5.74, 6) is -3.83. The average molecular weight is 402 g/mol. The number of amides is 2. The molecule has 3 rings (SSSR count). The van der Waals surface area contributed by atoms with Crippen molar-refractivity contribution in [2.24, 2.45) is 5.92 Å². The molecule has 2 amide bonds. The summed E-state index contributed by atoms with van der Waals surface area (Å²) in [5.41, 5.74) is 0. The van der Waals surface area contributed by atoms with Gasteiger partial charge in [-0.15, -0.1) is 0 Å². The van der Waals surface area contributed by atoms with Crippen LogP contribution in [0.3, 0.4) is 0 Å². The summed E-state index contributed by atoms with van der Waals surface area (Å²) in [6.07, 6.45) is 0.233. The summed E-state index contributed by atoms with van der Waals surface area (Å²) in [6.45, 7) is 1.26. The molecule has 1 N–H and O–H groups in total. The van der Waals surface area contributed by atoms with E-state index in [2.05, 4.69) is 5.32 Å². The summed E-state index contributed by atoms with van der Waals surface area (Å²) in [5, 5.41) is 2.53. The number of rotatable bonds is 4. The van der Waals surface area contributed by atoms with Crippen molar-refractivity contribution >= 4 is 12.2 Å². The van der Waals surface area contributed by atoms with Crippen molar-refractivity contribution < 1.29 is 37.0 Å². The van der Waals surface area contributed by atoms with Gasteiger partial charge in [0.2, 0.25) is 0 Å². The van der Waals surface area contributed by atoms with Gasteiger partial charge in [-0.25, -0.2) is 22.8 Å². The van der Waals surface area contributed by atoms with Crippen molar-refractivity contribution in [3.8, 4) is 5.75 Å². The van der Waals surface area contributed by atoms with Gasteiger partial charge >= 0.3 is 12.2 Å². The van der Waals surface area contributed by atoms with Crippen molar-refractivity contribution in [3.63, 3.8) is 0 Å². The number of hydrogen-bond donors (Lipinski definition) is 1. The molecule has 7 nitrogen and oxygen atoms in total. The molecular formula is C18H21F3N2O5. The molecule has 1 aromatic carbocycles. The fraction of sp³-hybridized carbons (Fsp3) is 0.556. The molecule has 2 fully saturated rings. The molecule has 0 atom stereocenters. The van der Waals surface area contributed by atoms with Crippen LogP contribution in [-0.2, 0) is 9.47 Å². The minimum absolute atomic E-state index is 0.0233. The highest BCUT2D eigenvalue weighted by atomic mass is 19.1. The van der Waals surface area contributed by atoms with Crippen molar-refractivity contribution in [2.45, 2.75) is 25.4 Å². The number of benzene rings is 1. The second-order valence-electron chi connectivity index (χ2n) is 6.76. The number of cyclic esters (lactones) is 1. The van der Waals surface area contributed by atoms with Gasteiger partial charge in [-0.05, 0) is 25.2 Å². The molecule has 0 spiro atoms. The van der Waals surface area contributed by atoms with E-state index < -0.39 is 35.4 Å². The fourth-order valence-corrected chi connectivity index (χ4v) is 3.05. The van der Waals surface area contributed by atoms with Gasteiger partial charge < -0.3 is 24.4 Å². The highest BCUT2D eigenvalue weighted by molar-refractivity contribution is 5.69. The Morgan fingerprint density at radius 3 is 2.64 bits per heavy atom. The molecule has 0 radical (unpaired) electrons. The quantitative estimate of drug-likeness (QED) is 0.838. The minimum atomic E-state index is -1.09. The van der Waals surface area contributed by atoms with Crippen molar-refractivity contribution in [1.82, 2.24) is 10.2 Å². The molecule has 1 aliphatic carbocycles. The van der Waals surface area contributed by atoms with E-state index in [-0.39, 0.29) is 31.8 Å². The number of ether oxygens (including phenoxy) is 3. The first-order chi connectivity index (χ1) is 13.4. The molecule has 28 heavy (non-hydrogen) atoms. The Labute approximate surface area is 159 Å². The molecule has 1 aromatic rings. The SMILES string of the molecule is O=C1NCCN(C(=O)OC2CC(COc3c(F)cc(F)cc3F)C2)CCCO1. The first-order valence-electron chi connectivity index (χ1n) is 9.06. The smallest absolute Gasteiger partial charge is 0.410 e. The van der Waals surface area contributed by atoms with Gasteiger partial charge in [0, 0.05) is 31.8 Å². The second-order valence-corrected chi connectivity index (χ2v) is 6.76. The molecule has 154 valence electrons. The number of carbonyl (C=O) groups excluding carboxylic acids is 2. The third-order valence-corrected chi connectivity index (χ3v) is 4.60. The lowest BCUT2D eigenvalue weighted by Crippen LogP contribution is -2.43. The Kier molecular flexibility index (Phi) is 6.48. The van der Waals surface area contributed by atoms with Gasteiger partial charge in [0.05, 0.1) is 13.2 Å². The lowest BCUT2D eigenvalue weighted by atomic mass is 9.83. The topological polar surface area (TPSA) is 77.1 Å². The molecule has 0 unspecified atom stereocenters. The van der Waals surface area contributed by atoms with Crippen LogP contribution >= 0.6 is 0 Å². The summed E-state index contributed by atoms with van der Waals surface area (Å²) in [7, 11) is 0. The van der Waals surface area contributed by atoms with Crippen LogP contribution < -0.4 is 10.1 Å². The van der Waals surface area contributed by atoms with E-state index in [1.54, 1.807) is 0 Å². The summed E-state index contributed by atoms with van der Waals surface area (Å²) >= 11 is 0. The number of carbonyl (C=O) groups is 2. The van der Waals surface area contributed by atoms with E-state index in [1.165, 1.54) is 4.90 Å². The zero-order valence-corrected chi connectivity index (χ0v) is 15.1. The van der Waals surface area contributed by atoms with Gasteiger partial charge in [-0.2, -0.15) is 0 Å². The molecule has 1 saturated carbocycles. The number of nitrogens with one attached hydrogen (secondary N) is 1. The maximum atomic E-state index is 13.5.